The first-order valence-electron chi connectivity index (χ1n) is 5.16. The highest BCUT2D eigenvalue weighted by atomic mass is 32.1. The van der Waals surface area contributed by atoms with Crippen LogP contribution in [-0.4, -0.2) is 30.8 Å². The minimum atomic E-state index is 0.450. The average Bonchev–Trinajstić information content (AvgIpc) is 2.86. The van der Waals surface area contributed by atoms with E-state index in [0.717, 1.165) is 26.1 Å². The molecule has 1 saturated heterocycles. The largest absolute Gasteiger partial charge is 0.377 e. The first-order chi connectivity index (χ1) is 6.95. The quantitative estimate of drug-likeness (QED) is 0.750. The molecule has 1 N–H and O–H groups in total. The summed E-state index contributed by atoms with van der Waals surface area (Å²) in [5, 5.41) is 6.64. The Kier molecular flexibility index (Phi) is 3.91. The van der Waals surface area contributed by atoms with Gasteiger partial charge in [-0.15, -0.1) is 11.3 Å². The summed E-state index contributed by atoms with van der Waals surface area (Å²) in [4.78, 5) is 4.23. The summed E-state index contributed by atoms with van der Waals surface area (Å²) in [6.07, 6.45) is 5.78. The van der Waals surface area contributed by atoms with Gasteiger partial charge < -0.3 is 10.1 Å². The van der Waals surface area contributed by atoms with Crippen LogP contribution in [0.15, 0.2) is 11.6 Å². The van der Waals surface area contributed by atoms with E-state index >= 15 is 0 Å². The van der Waals surface area contributed by atoms with Gasteiger partial charge in [0.05, 0.1) is 11.1 Å². The predicted molar refractivity (Wildman–Crippen MR) is 57.7 cm³/mol. The van der Waals surface area contributed by atoms with Crippen LogP contribution in [0.4, 0.5) is 0 Å². The van der Waals surface area contributed by atoms with Gasteiger partial charge >= 0.3 is 0 Å². The van der Waals surface area contributed by atoms with Crippen LogP contribution < -0.4 is 5.32 Å². The molecule has 0 spiro atoms. The van der Waals surface area contributed by atoms with Crippen molar-refractivity contribution in [1.82, 2.24) is 10.3 Å². The molecule has 0 aromatic carbocycles. The summed E-state index contributed by atoms with van der Waals surface area (Å²) in [5.74, 6) is 0. The Hall–Kier alpha value is -0.450. The van der Waals surface area contributed by atoms with Crippen LogP contribution in [0.1, 0.15) is 17.8 Å². The lowest BCUT2D eigenvalue weighted by molar-refractivity contribution is 0.110. The van der Waals surface area contributed by atoms with Crippen LogP contribution in [0.2, 0.25) is 0 Å². The maximum absolute atomic E-state index is 5.51. The van der Waals surface area contributed by atoms with Gasteiger partial charge in [-0.2, -0.15) is 0 Å². The normalized spacial score (nSPS) is 21.6. The lowest BCUT2D eigenvalue weighted by Crippen LogP contribution is -2.27. The smallest absolute Gasteiger partial charge is 0.0937 e. The average molecular weight is 212 g/mol. The van der Waals surface area contributed by atoms with Crippen molar-refractivity contribution in [2.45, 2.75) is 25.4 Å². The van der Waals surface area contributed by atoms with Crippen LogP contribution in [0.5, 0.6) is 0 Å². The summed E-state index contributed by atoms with van der Waals surface area (Å²) in [6.45, 7) is 2.94. The van der Waals surface area contributed by atoms with E-state index in [1.54, 1.807) is 11.3 Å². The standard InChI is InChI=1S/C10H16N2OS/c1-2-9(13-6-1)8-11-4-3-10-12-5-7-14-10/h5,7,9,11H,1-4,6,8H2. The van der Waals surface area contributed by atoms with Gasteiger partial charge in [0.25, 0.3) is 0 Å². The summed E-state index contributed by atoms with van der Waals surface area (Å²) in [5.41, 5.74) is 0. The Morgan fingerprint density at radius 3 is 3.36 bits per heavy atom. The predicted octanol–water partition coefficient (Wildman–Crippen LogP) is 1.45. The van der Waals surface area contributed by atoms with Gasteiger partial charge in [0, 0.05) is 37.7 Å². The van der Waals surface area contributed by atoms with E-state index in [1.165, 1.54) is 17.8 Å². The molecule has 2 heterocycles. The molecule has 0 amide bonds. The van der Waals surface area contributed by atoms with Crippen LogP contribution in [0, 0.1) is 0 Å². The Labute approximate surface area is 88.5 Å². The maximum Gasteiger partial charge on any atom is 0.0937 e. The van der Waals surface area contributed by atoms with Gasteiger partial charge in [0.15, 0.2) is 0 Å². The molecule has 0 bridgehead atoms. The van der Waals surface area contributed by atoms with Crippen LogP contribution in [0.3, 0.4) is 0 Å². The summed E-state index contributed by atoms with van der Waals surface area (Å²) in [7, 11) is 0. The Balaban J connectivity index is 1.55. The SMILES string of the molecule is c1csc(CCNCC2CCCO2)n1. The van der Waals surface area contributed by atoms with E-state index in [2.05, 4.69) is 10.3 Å². The second-order valence-corrected chi connectivity index (χ2v) is 4.49. The highest BCUT2D eigenvalue weighted by molar-refractivity contribution is 7.09. The molecule has 3 nitrogen and oxygen atoms in total. The highest BCUT2D eigenvalue weighted by Gasteiger charge is 2.14. The highest BCUT2D eigenvalue weighted by Crippen LogP contribution is 2.10. The summed E-state index contributed by atoms with van der Waals surface area (Å²) < 4.78 is 5.51. The lowest BCUT2D eigenvalue weighted by Gasteiger charge is -2.09. The summed E-state index contributed by atoms with van der Waals surface area (Å²) in [6, 6.07) is 0. The fourth-order valence-electron chi connectivity index (χ4n) is 1.64. The monoisotopic (exact) mass is 212 g/mol. The second-order valence-electron chi connectivity index (χ2n) is 3.51. The molecular weight excluding hydrogens is 196 g/mol. The van der Waals surface area contributed by atoms with Crippen molar-refractivity contribution in [1.29, 1.82) is 0 Å². The van der Waals surface area contributed by atoms with E-state index in [1.807, 2.05) is 11.6 Å². The zero-order chi connectivity index (χ0) is 9.64. The van der Waals surface area contributed by atoms with Gasteiger partial charge in [-0.1, -0.05) is 0 Å². The summed E-state index contributed by atoms with van der Waals surface area (Å²) >= 11 is 1.72. The molecule has 1 aromatic rings. The van der Waals surface area contributed by atoms with Gasteiger partial charge in [-0.3, -0.25) is 0 Å². The molecule has 0 aliphatic carbocycles. The van der Waals surface area contributed by atoms with E-state index in [9.17, 15) is 0 Å². The molecule has 1 aromatic heterocycles. The van der Waals surface area contributed by atoms with Gasteiger partial charge in [0.2, 0.25) is 0 Å². The van der Waals surface area contributed by atoms with Crippen molar-refractivity contribution >= 4 is 11.3 Å². The van der Waals surface area contributed by atoms with E-state index in [-0.39, 0.29) is 0 Å². The molecule has 1 atom stereocenters. The molecule has 1 unspecified atom stereocenters. The number of thiazole rings is 1. The first kappa shape index (κ1) is 10.1. The number of nitrogens with zero attached hydrogens (tertiary/aromatic N) is 1. The van der Waals surface area contributed by atoms with Crippen LogP contribution in [-0.2, 0) is 11.2 Å². The topological polar surface area (TPSA) is 34.1 Å². The van der Waals surface area contributed by atoms with E-state index in [4.69, 9.17) is 4.74 Å². The molecule has 1 fully saturated rings. The molecule has 78 valence electrons. The molecule has 14 heavy (non-hydrogen) atoms. The van der Waals surface area contributed by atoms with Gasteiger partial charge in [-0.05, 0) is 12.8 Å². The van der Waals surface area contributed by atoms with Crippen molar-refractivity contribution < 1.29 is 4.74 Å². The first-order valence-corrected chi connectivity index (χ1v) is 6.04. The van der Waals surface area contributed by atoms with Crippen molar-refractivity contribution in [3.63, 3.8) is 0 Å². The lowest BCUT2D eigenvalue weighted by atomic mass is 10.2. The van der Waals surface area contributed by atoms with Crippen molar-refractivity contribution in [2.24, 2.45) is 0 Å². The number of hydrogen-bond donors (Lipinski definition) is 1. The zero-order valence-corrected chi connectivity index (χ0v) is 9.05. The minimum absolute atomic E-state index is 0.450. The maximum atomic E-state index is 5.51. The van der Waals surface area contributed by atoms with Crippen LogP contribution in [0.25, 0.3) is 0 Å². The second kappa shape index (κ2) is 5.44. The fraction of sp³-hybridized carbons (Fsp3) is 0.700. The third kappa shape index (κ3) is 3.04. The molecule has 4 heteroatoms. The number of hydrogen-bond acceptors (Lipinski definition) is 4. The Bertz CT molecular complexity index is 245. The molecule has 1 aliphatic heterocycles. The van der Waals surface area contributed by atoms with Gasteiger partial charge in [-0.25, -0.2) is 4.98 Å². The van der Waals surface area contributed by atoms with E-state index in [0.29, 0.717) is 6.10 Å². The Morgan fingerprint density at radius 1 is 1.64 bits per heavy atom. The number of nitrogens with one attached hydrogen (secondary N) is 1. The molecule has 2 rings (SSSR count). The number of rotatable bonds is 5. The van der Waals surface area contributed by atoms with Gasteiger partial charge in [0.1, 0.15) is 0 Å². The molecule has 0 saturated carbocycles. The third-order valence-electron chi connectivity index (χ3n) is 2.40. The third-order valence-corrected chi connectivity index (χ3v) is 3.23. The Morgan fingerprint density at radius 2 is 2.64 bits per heavy atom. The van der Waals surface area contributed by atoms with Crippen molar-refractivity contribution in [2.75, 3.05) is 19.7 Å². The van der Waals surface area contributed by atoms with Crippen molar-refractivity contribution in [3.05, 3.63) is 16.6 Å². The number of ether oxygens (including phenoxy) is 1. The zero-order valence-electron chi connectivity index (χ0n) is 8.24. The minimum Gasteiger partial charge on any atom is -0.377 e. The van der Waals surface area contributed by atoms with Crippen molar-refractivity contribution in [3.8, 4) is 0 Å². The van der Waals surface area contributed by atoms with Crippen LogP contribution >= 0.6 is 11.3 Å². The number of aromatic nitrogens is 1. The molecular formula is C10H16N2OS. The molecule has 1 aliphatic rings. The molecule has 0 radical (unpaired) electrons. The fourth-order valence-corrected chi connectivity index (χ4v) is 2.26. The van der Waals surface area contributed by atoms with E-state index < -0.39 is 0 Å².